The highest BCUT2D eigenvalue weighted by atomic mass is 35.5. The van der Waals surface area contributed by atoms with Crippen molar-refractivity contribution in [2.75, 3.05) is 6.61 Å². The van der Waals surface area contributed by atoms with E-state index in [1.54, 1.807) is 18.5 Å². The standard InChI is InChI=1S/C9H12N2O3S.ClH/c1-2-14-8(13)5-7(12)6-11-3-4-15-9(11)10;/h3-4,10H,2,5-6H2,1H3;1H. The molecule has 5 nitrogen and oxygen atoms in total. The van der Waals surface area contributed by atoms with E-state index in [1.165, 1.54) is 15.9 Å². The van der Waals surface area contributed by atoms with Crippen LogP contribution in [-0.4, -0.2) is 22.9 Å². The van der Waals surface area contributed by atoms with Crippen molar-refractivity contribution in [3.63, 3.8) is 0 Å². The van der Waals surface area contributed by atoms with E-state index in [9.17, 15) is 9.59 Å². The molecule has 1 aromatic rings. The number of ketones is 1. The molecule has 1 heterocycles. The van der Waals surface area contributed by atoms with Crippen molar-refractivity contribution in [2.45, 2.75) is 19.9 Å². The Labute approximate surface area is 103 Å². The Morgan fingerprint density at radius 3 is 2.75 bits per heavy atom. The fourth-order valence-electron chi connectivity index (χ4n) is 1.05. The van der Waals surface area contributed by atoms with E-state index in [4.69, 9.17) is 5.41 Å². The third-order valence-corrected chi connectivity index (χ3v) is 2.39. The monoisotopic (exact) mass is 264 g/mol. The Morgan fingerprint density at radius 1 is 1.56 bits per heavy atom. The van der Waals surface area contributed by atoms with Gasteiger partial charge in [0.05, 0.1) is 13.2 Å². The maximum atomic E-state index is 11.3. The molecular formula is C9H13ClN2O3S. The smallest absolute Gasteiger partial charge is 0.313 e. The zero-order valence-electron chi connectivity index (χ0n) is 8.76. The number of Topliss-reactive ketones (excluding diaryl/α,β-unsaturated/α-hetero) is 1. The van der Waals surface area contributed by atoms with E-state index < -0.39 is 5.97 Å². The van der Waals surface area contributed by atoms with Gasteiger partial charge in [0.15, 0.2) is 10.6 Å². The lowest BCUT2D eigenvalue weighted by atomic mass is 10.3. The molecule has 1 rings (SSSR count). The van der Waals surface area contributed by atoms with Crippen molar-refractivity contribution in [2.24, 2.45) is 0 Å². The van der Waals surface area contributed by atoms with Crippen molar-refractivity contribution in [3.05, 3.63) is 16.4 Å². The molecule has 0 aromatic carbocycles. The zero-order chi connectivity index (χ0) is 11.3. The highest BCUT2D eigenvalue weighted by Crippen LogP contribution is 1.94. The summed E-state index contributed by atoms with van der Waals surface area (Å²) in [6.07, 6.45) is 1.42. The van der Waals surface area contributed by atoms with E-state index >= 15 is 0 Å². The van der Waals surface area contributed by atoms with Gasteiger partial charge in [-0.05, 0) is 6.92 Å². The predicted molar refractivity (Wildman–Crippen MR) is 61.7 cm³/mol. The van der Waals surface area contributed by atoms with E-state index in [-0.39, 0.29) is 37.8 Å². The maximum absolute atomic E-state index is 11.3. The molecule has 0 amide bonds. The average Bonchev–Trinajstić information content (AvgIpc) is 2.52. The third-order valence-electron chi connectivity index (χ3n) is 1.67. The summed E-state index contributed by atoms with van der Waals surface area (Å²) < 4.78 is 6.14. The van der Waals surface area contributed by atoms with Gasteiger partial charge in [0.25, 0.3) is 0 Å². The summed E-state index contributed by atoms with van der Waals surface area (Å²) in [5.74, 6) is -0.754. The van der Waals surface area contributed by atoms with Crippen molar-refractivity contribution < 1.29 is 14.3 Å². The van der Waals surface area contributed by atoms with Crippen LogP contribution in [0.3, 0.4) is 0 Å². The first-order valence-electron chi connectivity index (χ1n) is 4.49. The molecule has 0 atom stereocenters. The van der Waals surface area contributed by atoms with Crippen molar-refractivity contribution in [1.82, 2.24) is 4.57 Å². The highest BCUT2D eigenvalue weighted by molar-refractivity contribution is 7.06. The number of esters is 1. The Hall–Kier alpha value is -1.14. The van der Waals surface area contributed by atoms with Crippen molar-refractivity contribution >= 4 is 35.5 Å². The summed E-state index contributed by atoms with van der Waals surface area (Å²) in [5, 5.41) is 9.14. The first-order valence-corrected chi connectivity index (χ1v) is 5.37. The molecule has 0 unspecified atom stereocenters. The average molecular weight is 265 g/mol. The molecule has 0 radical (unpaired) electrons. The summed E-state index contributed by atoms with van der Waals surface area (Å²) >= 11 is 1.24. The summed E-state index contributed by atoms with van der Waals surface area (Å²) in [4.78, 5) is 22.6. The van der Waals surface area contributed by atoms with Gasteiger partial charge in [-0.1, -0.05) is 0 Å². The molecule has 0 saturated heterocycles. The number of carbonyl (C=O) groups is 2. The lowest BCUT2D eigenvalue weighted by molar-refractivity contribution is -0.145. The number of hydrogen-bond acceptors (Lipinski definition) is 5. The van der Waals surface area contributed by atoms with Gasteiger partial charge in [0, 0.05) is 11.6 Å². The summed E-state index contributed by atoms with van der Waals surface area (Å²) in [6.45, 7) is 2.03. The van der Waals surface area contributed by atoms with Crippen LogP contribution in [0.1, 0.15) is 13.3 Å². The van der Waals surface area contributed by atoms with Crippen LogP contribution in [0, 0.1) is 5.41 Å². The lowest BCUT2D eigenvalue weighted by Gasteiger charge is -2.02. The molecule has 7 heteroatoms. The van der Waals surface area contributed by atoms with Crippen LogP contribution in [0.5, 0.6) is 0 Å². The largest absolute Gasteiger partial charge is 0.466 e. The third kappa shape index (κ3) is 4.59. The second-order valence-electron chi connectivity index (χ2n) is 2.86. The molecule has 0 aliphatic heterocycles. The van der Waals surface area contributed by atoms with Gasteiger partial charge >= 0.3 is 5.97 Å². The van der Waals surface area contributed by atoms with Gasteiger partial charge in [-0.25, -0.2) is 0 Å². The number of nitrogens with zero attached hydrogens (tertiary/aromatic N) is 1. The number of carbonyl (C=O) groups excluding carboxylic acids is 2. The minimum atomic E-state index is -0.509. The fourth-order valence-corrected chi connectivity index (χ4v) is 1.64. The summed E-state index contributed by atoms with van der Waals surface area (Å²) in [6, 6.07) is 0. The van der Waals surface area contributed by atoms with Gasteiger partial charge in [-0.3, -0.25) is 15.0 Å². The SMILES string of the molecule is CCOC(=O)CC(=O)Cn1ccsc1=N.Cl. The number of aromatic nitrogens is 1. The van der Waals surface area contributed by atoms with Gasteiger partial charge in [-0.15, -0.1) is 23.7 Å². The Bertz CT molecular complexity index is 413. The van der Waals surface area contributed by atoms with Crippen molar-refractivity contribution in [3.8, 4) is 0 Å². The molecule has 1 N–H and O–H groups in total. The fraction of sp³-hybridized carbons (Fsp3) is 0.444. The number of nitrogens with one attached hydrogen (secondary N) is 1. The second-order valence-corrected chi connectivity index (χ2v) is 3.75. The van der Waals surface area contributed by atoms with Crippen LogP contribution >= 0.6 is 23.7 Å². The second kappa shape index (κ2) is 7.19. The summed E-state index contributed by atoms with van der Waals surface area (Å²) in [5.41, 5.74) is 0. The number of halogens is 1. The molecule has 0 saturated carbocycles. The normalized spacial score (nSPS) is 9.31. The van der Waals surface area contributed by atoms with Crippen LogP contribution in [0.25, 0.3) is 0 Å². The quantitative estimate of drug-likeness (QED) is 0.636. The number of rotatable bonds is 5. The molecule has 0 aliphatic rings. The number of hydrogen-bond donors (Lipinski definition) is 1. The topological polar surface area (TPSA) is 72.2 Å². The van der Waals surface area contributed by atoms with E-state index in [1.807, 2.05) is 0 Å². The molecule has 0 spiro atoms. The first kappa shape index (κ1) is 14.9. The Kier molecular flexibility index (Phi) is 6.67. The minimum Gasteiger partial charge on any atom is -0.466 e. The molecule has 1 aromatic heterocycles. The Morgan fingerprint density at radius 2 is 2.25 bits per heavy atom. The molecular weight excluding hydrogens is 252 g/mol. The van der Waals surface area contributed by atoms with E-state index in [0.717, 1.165) is 0 Å². The van der Waals surface area contributed by atoms with Crippen LogP contribution in [0.15, 0.2) is 11.6 Å². The van der Waals surface area contributed by atoms with Crippen LogP contribution in [0.4, 0.5) is 0 Å². The van der Waals surface area contributed by atoms with E-state index in [2.05, 4.69) is 4.74 Å². The predicted octanol–water partition coefficient (Wildman–Crippen LogP) is 0.973. The molecule has 16 heavy (non-hydrogen) atoms. The van der Waals surface area contributed by atoms with Gasteiger partial charge < -0.3 is 9.30 Å². The molecule has 0 fully saturated rings. The highest BCUT2D eigenvalue weighted by Gasteiger charge is 2.10. The minimum absolute atomic E-state index is 0. The van der Waals surface area contributed by atoms with Gasteiger partial charge in [-0.2, -0.15) is 0 Å². The number of ether oxygens (including phenoxy) is 1. The van der Waals surface area contributed by atoms with Gasteiger partial charge in [0.2, 0.25) is 0 Å². The van der Waals surface area contributed by atoms with Crippen LogP contribution in [0.2, 0.25) is 0 Å². The van der Waals surface area contributed by atoms with Crippen LogP contribution in [-0.2, 0) is 20.9 Å². The maximum Gasteiger partial charge on any atom is 0.313 e. The lowest BCUT2D eigenvalue weighted by Crippen LogP contribution is -2.21. The molecule has 0 bridgehead atoms. The van der Waals surface area contributed by atoms with Crippen LogP contribution < -0.4 is 4.80 Å². The van der Waals surface area contributed by atoms with Crippen molar-refractivity contribution in [1.29, 1.82) is 5.41 Å². The number of thiazole rings is 1. The molecule has 0 aliphatic carbocycles. The van der Waals surface area contributed by atoms with E-state index in [0.29, 0.717) is 4.80 Å². The molecule has 90 valence electrons. The van der Waals surface area contributed by atoms with Gasteiger partial charge in [0.1, 0.15) is 6.42 Å². The summed E-state index contributed by atoms with van der Waals surface area (Å²) in [7, 11) is 0. The first-order chi connectivity index (χ1) is 7.13. The zero-order valence-corrected chi connectivity index (χ0v) is 10.4. The Balaban J connectivity index is 0.00000225.